The van der Waals surface area contributed by atoms with Crippen molar-refractivity contribution in [3.63, 3.8) is 0 Å². The van der Waals surface area contributed by atoms with Gasteiger partial charge in [0.25, 0.3) is 6.71 Å². The van der Waals surface area contributed by atoms with Crippen molar-refractivity contribution in [3.8, 4) is 33.8 Å². The molecule has 0 unspecified atom stereocenters. The molecular formula is C46H43B2NO. The van der Waals surface area contributed by atoms with Crippen molar-refractivity contribution in [3.05, 3.63) is 114 Å². The second-order valence-electron chi connectivity index (χ2n) is 18.2. The molecule has 4 aliphatic heterocycles. The SMILES string of the molecule is CC(C)(C)c1ccc2c(c1)B1c3cc(C(C)(C)C)ccc3-c3ccc4c5c3N1c1c(cc(C(C)(C)C)cc1-2)B5c1c(ccc2ccccc12)O4. The zero-order valence-electron chi connectivity index (χ0n) is 30.7. The molecule has 0 saturated carbocycles. The fourth-order valence-electron chi connectivity index (χ4n) is 9.27. The van der Waals surface area contributed by atoms with Gasteiger partial charge in [0, 0.05) is 22.5 Å². The Morgan fingerprint density at radius 1 is 0.480 bits per heavy atom. The molecule has 0 saturated heterocycles. The number of ether oxygens (including phenoxy) is 1. The maximum absolute atomic E-state index is 6.96. The molecule has 0 aliphatic carbocycles. The van der Waals surface area contributed by atoms with Crippen LogP contribution in [0.25, 0.3) is 33.0 Å². The number of fused-ring (bicyclic) bond motifs is 11. The number of benzene rings is 6. The average molecular weight is 647 g/mol. The lowest BCUT2D eigenvalue weighted by atomic mass is 9.30. The second kappa shape index (κ2) is 9.55. The summed E-state index contributed by atoms with van der Waals surface area (Å²) >= 11 is 0. The zero-order chi connectivity index (χ0) is 34.6. The van der Waals surface area contributed by atoms with Gasteiger partial charge >= 0.3 is 6.85 Å². The van der Waals surface area contributed by atoms with Crippen LogP contribution in [-0.4, -0.2) is 13.6 Å². The third-order valence-electron chi connectivity index (χ3n) is 12.0. The fraction of sp³-hybridized carbons (Fsp3) is 0.261. The van der Waals surface area contributed by atoms with Crippen molar-refractivity contribution in [1.29, 1.82) is 0 Å². The first-order valence-electron chi connectivity index (χ1n) is 18.3. The molecule has 4 aliphatic rings. The third kappa shape index (κ3) is 3.94. The molecule has 6 aromatic rings. The predicted molar refractivity (Wildman–Crippen MR) is 216 cm³/mol. The molecule has 0 radical (unpaired) electrons. The topological polar surface area (TPSA) is 12.5 Å². The summed E-state index contributed by atoms with van der Waals surface area (Å²) < 4.78 is 6.96. The molecule has 50 heavy (non-hydrogen) atoms. The summed E-state index contributed by atoms with van der Waals surface area (Å²) in [7, 11) is 0. The van der Waals surface area contributed by atoms with Gasteiger partial charge < -0.3 is 9.55 Å². The minimum atomic E-state index is -0.0261. The first-order valence-corrected chi connectivity index (χ1v) is 18.3. The molecule has 0 aromatic heterocycles. The van der Waals surface area contributed by atoms with E-state index < -0.39 is 0 Å². The monoisotopic (exact) mass is 647 g/mol. The maximum Gasteiger partial charge on any atom is 0.329 e. The second-order valence-corrected chi connectivity index (χ2v) is 18.2. The van der Waals surface area contributed by atoms with Crippen LogP contribution in [0.5, 0.6) is 11.5 Å². The minimum absolute atomic E-state index is 0.0261. The normalized spacial score (nSPS) is 14.9. The standard InChI is InChI=1S/C46H43B2NO/c1-44(2,3)27-15-17-31-33-19-21-39-41-43(33)49-42-34(32-18-16-28(45(4,5)6)24-36(32)48(49)35(31)23-27)22-29(46(7,8)9)25-37(42)47(41)40-30-13-11-10-12-26(30)14-20-38(40)50-39/h10-25H,1-9H3. The maximum atomic E-state index is 6.96. The van der Waals surface area contributed by atoms with E-state index in [0.717, 1.165) is 11.5 Å². The van der Waals surface area contributed by atoms with Crippen LogP contribution < -0.4 is 36.9 Å². The van der Waals surface area contributed by atoms with Gasteiger partial charge in [-0.15, -0.1) is 0 Å². The van der Waals surface area contributed by atoms with E-state index in [9.17, 15) is 0 Å². The van der Waals surface area contributed by atoms with E-state index in [1.165, 1.54) is 88.4 Å². The van der Waals surface area contributed by atoms with Crippen LogP contribution in [0.1, 0.15) is 79.0 Å². The number of nitrogens with zero attached hydrogens (tertiary/aromatic N) is 1. The summed E-state index contributed by atoms with van der Waals surface area (Å²) in [6.45, 7) is 21.2. The Bertz CT molecular complexity index is 2490. The molecule has 0 bridgehead atoms. The van der Waals surface area contributed by atoms with Gasteiger partial charge in [-0.25, -0.2) is 0 Å². The lowest BCUT2D eigenvalue weighted by Crippen LogP contribution is -2.69. The lowest BCUT2D eigenvalue weighted by molar-refractivity contribution is 0.488. The Hall–Kier alpha value is -4.69. The highest BCUT2D eigenvalue weighted by molar-refractivity contribution is 7.03. The van der Waals surface area contributed by atoms with Crippen LogP contribution >= 0.6 is 0 Å². The van der Waals surface area contributed by atoms with Gasteiger partial charge in [0.1, 0.15) is 11.5 Å². The quantitative estimate of drug-likeness (QED) is 0.153. The highest BCUT2D eigenvalue weighted by Crippen LogP contribution is 2.51. The Morgan fingerprint density at radius 3 is 1.70 bits per heavy atom. The molecule has 244 valence electrons. The average Bonchev–Trinajstić information content (AvgIpc) is 3.07. The van der Waals surface area contributed by atoms with E-state index in [1.54, 1.807) is 0 Å². The largest absolute Gasteiger partial charge is 0.458 e. The molecule has 10 rings (SSSR count). The smallest absolute Gasteiger partial charge is 0.329 e. The van der Waals surface area contributed by atoms with Crippen molar-refractivity contribution < 1.29 is 4.74 Å². The zero-order valence-corrected chi connectivity index (χ0v) is 30.7. The van der Waals surface area contributed by atoms with Crippen molar-refractivity contribution in [2.75, 3.05) is 4.81 Å². The van der Waals surface area contributed by atoms with Gasteiger partial charge in [-0.2, -0.15) is 0 Å². The van der Waals surface area contributed by atoms with Crippen LogP contribution in [0.3, 0.4) is 0 Å². The first-order chi connectivity index (χ1) is 23.7. The number of rotatable bonds is 0. The van der Waals surface area contributed by atoms with E-state index in [1.807, 2.05) is 0 Å². The predicted octanol–water partition coefficient (Wildman–Crippen LogP) is 8.57. The van der Waals surface area contributed by atoms with Gasteiger partial charge in [-0.1, -0.05) is 135 Å². The van der Waals surface area contributed by atoms with Crippen LogP contribution in [0.2, 0.25) is 0 Å². The van der Waals surface area contributed by atoms with E-state index in [0.29, 0.717) is 0 Å². The molecule has 0 spiro atoms. The number of hydrogen-bond donors (Lipinski definition) is 0. The van der Waals surface area contributed by atoms with Gasteiger partial charge in [0.2, 0.25) is 0 Å². The van der Waals surface area contributed by atoms with Crippen molar-refractivity contribution >= 4 is 63.0 Å². The van der Waals surface area contributed by atoms with Gasteiger partial charge in [-0.3, -0.25) is 0 Å². The lowest BCUT2D eigenvalue weighted by Gasteiger charge is -2.51. The minimum Gasteiger partial charge on any atom is -0.458 e. The Balaban J connectivity index is 1.41. The molecule has 0 atom stereocenters. The van der Waals surface area contributed by atoms with Crippen molar-refractivity contribution in [2.24, 2.45) is 0 Å². The molecule has 4 heterocycles. The van der Waals surface area contributed by atoms with E-state index in [4.69, 9.17) is 4.74 Å². The van der Waals surface area contributed by atoms with E-state index >= 15 is 0 Å². The Morgan fingerprint density at radius 2 is 1.04 bits per heavy atom. The number of hydrogen-bond acceptors (Lipinski definition) is 2. The first kappa shape index (κ1) is 30.2. The molecule has 0 amide bonds. The summed E-state index contributed by atoms with van der Waals surface area (Å²) in [5, 5.41) is 2.53. The summed E-state index contributed by atoms with van der Waals surface area (Å²) in [6, 6.07) is 37.6. The summed E-state index contributed by atoms with van der Waals surface area (Å²) in [4.78, 5) is 2.74. The molecule has 0 fully saturated rings. The molecule has 2 nitrogen and oxygen atoms in total. The van der Waals surface area contributed by atoms with Crippen LogP contribution in [0.4, 0.5) is 11.4 Å². The van der Waals surface area contributed by atoms with E-state index in [-0.39, 0.29) is 29.8 Å². The summed E-state index contributed by atoms with van der Waals surface area (Å²) in [5.74, 6) is 1.95. The molecule has 0 N–H and O–H groups in total. The van der Waals surface area contributed by atoms with Crippen LogP contribution in [0, 0.1) is 0 Å². The summed E-state index contributed by atoms with van der Waals surface area (Å²) in [6.07, 6.45) is 0. The molecule has 4 heteroatoms. The molecule has 6 aromatic carbocycles. The van der Waals surface area contributed by atoms with Crippen molar-refractivity contribution in [2.45, 2.75) is 78.6 Å². The third-order valence-corrected chi connectivity index (χ3v) is 12.0. The van der Waals surface area contributed by atoms with Crippen LogP contribution in [0.15, 0.2) is 97.1 Å². The van der Waals surface area contributed by atoms with Crippen LogP contribution in [-0.2, 0) is 16.2 Å². The van der Waals surface area contributed by atoms with Gasteiger partial charge in [-0.05, 0) is 106 Å². The van der Waals surface area contributed by atoms with Crippen molar-refractivity contribution in [1.82, 2.24) is 0 Å². The van der Waals surface area contributed by atoms with Gasteiger partial charge in [0.15, 0.2) is 0 Å². The van der Waals surface area contributed by atoms with Gasteiger partial charge in [0.05, 0.1) is 0 Å². The van der Waals surface area contributed by atoms with E-state index in [2.05, 4.69) is 164 Å². The Kier molecular flexibility index (Phi) is 5.76. The molecular weight excluding hydrogens is 604 g/mol. The highest BCUT2D eigenvalue weighted by Gasteiger charge is 2.52. The number of anilines is 2. The summed E-state index contributed by atoms with van der Waals surface area (Å²) in [5.41, 5.74) is 19.0. The fourth-order valence-corrected chi connectivity index (χ4v) is 9.27. The highest BCUT2D eigenvalue weighted by atomic mass is 16.5. The Labute approximate surface area is 297 Å².